The zero-order valence-corrected chi connectivity index (χ0v) is 57.0. The maximum Gasteiger partial charge on any atom is 0.407 e. The Balaban J connectivity index is 0.000000252. The minimum absolute atomic E-state index is 0.00452. The molecule has 8 aromatic carbocycles. The number of nitrogens with one attached hydrogen (secondary N) is 5. The lowest BCUT2D eigenvalue weighted by atomic mass is 9.80. The highest BCUT2D eigenvalue weighted by atomic mass is 16.6. The summed E-state index contributed by atoms with van der Waals surface area (Å²) in [7, 11) is 3.03. The molecule has 5 amide bonds. The van der Waals surface area contributed by atoms with E-state index in [1.807, 2.05) is 206 Å². The van der Waals surface area contributed by atoms with Gasteiger partial charge in [0.1, 0.15) is 31.0 Å². The minimum atomic E-state index is -1.06. The molecule has 1 aliphatic rings. The summed E-state index contributed by atoms with van der Waals surface area (Å²) < 4.78 is 30.8. The van der Waals surface area contributed by atoms with Crippen LogP contribution in [0.3, 0.4) is 0 Å². The van der Waals surface area contributed by atoms with Crippen LogP contribution < -0.4 is 26.6 Å². The predicted molar refractivity (Wildman–Crippen MR) is 383 cm³/mol. The number of unbranched alkanes of at least 4 members (excludes halogenated alkanes) is 5. The van der Waals surface area contributed by atoms with Gasteiger partial charge in [-0.3, -0.25) is 28.8 Å². The van der Waals surface area contributed by atoms with Crippen LogP contribution in [0.4, 0.5) is 4.79 Å². The van der Waals surface area contributed by atoms with E-state index in [4.69, 9.17) is 23.7 Å². The molecular formula is C82H93N5O12. The molecule has 0 spiro atoms. The minimum Gasteiger partial charge on any atom is -0.463 e. The van der Waals surface area contributed by atoms with Crippen molar-refractivity contribution in [2.75, 3.05) is 53.7 Å². The van der Waals surface area contributed by atoms with E-state index in [-0.39, 0.29) is 94.7 Å². The topological polar surface area (TPSA) is 226 Å². The van der Waals surface area contributed by atoms with E-state index in [1.54, 1.807) is 0 Å². The van der Waals surface area contributed by atoms with Crippen molar-refractivity contribution in [1.82, 2.24) is 26.6 Å². The van der Waals surface area contributed by atoms with Gasteiger partial charge in [-0.2, -0.15) is 0 Å². The van der Waals surface area contributed by atoms with Crippen LogP contribution in [0.2, 0.25) is 0 Å². The Morgan fingerprint density at radius 3 is 1.10 bits per heavy atom. The maximum atomic E-state index is 13.5. The molecule has 0 bridgehead atoms. The summed E-state index contributed by atoms with van der Waals surface area (Å²) in [5, 5.41) is 13.9. The number of ether oxygens (including phenoxy) is 5. The fourth-order valence-corrected chi connectivity index (χ4v) is 12.2. The van der Waals surface area contributed by atoms with Crippen LogP contribution in [0.5, 0.6) is 0 Å². The van der Waals surface area contributed by atoms with E-state index in [9.17, 15) is 33.6 Å². The van der Waals surface area contributed by atoms with E-state index in [2.05, 4.69) is 57.8 Å². The number of hydrogen-bond donors (Lipinski definition) is 5. The van der Waals surface area contributed by atoms with Gasteiger partial charge in [0.2, 0.25) is 23.6 Å². The molecule has 0 aliphatic heterocycles. The SMILES string of the molecule is CCCCCCC(=O)NCCCCCC(=O)N[C@H](COC(=O)CCC(=O)NC)COC(c1ccccc1)(c1ccccc1)c1ccccc1.CNC(=O)CCC(=O)OC[C@H](COC(c1ccccc1)(c1ccccc1)c1ccccc1)NC(=O)OCC1c2ccccc2-c2ccccc21. The molecule has 17 nitrogen and oxygen atoms in total. The van der Waals surface area contributed by atoms with Crippen molar-refractivity contribution < 1.29 is 57.2 Å². The first-order valence-corrected chi connectivity index (χ1v) is 34.4. The zero-order chi connectivity index (χ0) is 69.9. The normalized spacial score (nSPS) is 12.2. The third kappa shape index (κ3) is 21.9. The molecule has 1 aliphatic carbocycles. The standard InChI is InChI=1S/C42H40N2O6.C40H53N3O6/c1-43-39(45)25-26-40(46)48-27-33(44-41(47)49-29-38-36-23-13-11-21-34(36)35-22-12-14-24-37(35)38)28-50-42(30-15-5-2-6-16-30,31-17-7-3-8-18-31)32-19-9-4-10-20-32;1-3-4-5-16-25-37(45)42-29-18-9-17-26-38(46)43-35(30-48-39(47)28-27-36(44)41-2)31-49-40(32-19-10-6-11-20-32,33-21-12-7-13-22-33)34-23-14-8-15-24-34/h2-24,33,38H,25-29H2,1H3,(H,43,45)(H,44,47);6-8,10-15,19-24,35H,3-5,9,16-18,25-31H2,1-2H3,(H,41,44)(H,42,45)(H,43,46)/t33-;35-/m11/s1. The van der Waals surface area contributed by atoms with Crippen LogP contribution in [0.25, 0.3) is 11.1 Å². The number of benzene rings is 8. The molecule has 8 aromatic rings. The van der Waals surface area contributed by atoms with Crippen LogP contribution >= 0.6 is 0 Å². The largest absolute Gasteiger partial charge is 0.463 e. The monoisotopic (exact) mass is 1340 g/mol. The molecule has 17 heteroatoms. The molecule has 5 N–H and O–H groups in total. The Labute approximate surface area is 582 Å². The smallest absolute Gasteiger partial charge is 0.407 e. The first-order valence-electron chi connectivity index (χ1n) is 34.4. The first kappa shape index (κ1) is 74.6. The third-order valence-corrected chi connectivity index (χ3v) is 17.3. The molecule has 2 atom stereocenters. The highest BCUT2D eigenvalue weighted by Crippen LogP contribution is 2.45. The molecule has 99 heavy (non-hydrogen) atoms. The molecule has 9 rings (SSSR count). The number of amides is 5. The first-order chi connectivity index (χ1) is 48.4. The van der Waals surface area contributed by atoms with E-state index >= 15 is 0 Å². The van der Waals surface area contributed by atoms with Gasteiger partial charge in [0.15, 0.2) is 0 Å². The number of carbonyl (C=O) groups is 7. The maximum absolute atomic E-state index is 13.5. The predicted octanol–water partition coefficient (Wildman–Crippen LogP) is 13.2. The molecule has 0 fully saturated rings. The Hall–Kier alpha value is -10.2. The molecule has 0 unspecified atom stereocenters. The van der Waals surface area contributed by atoms with E-state index in [0.717, 1.165) is 94.2 Å². The number of fused-ring (bicyclic) bond motifs is 3. The van der Waals surface area contributed by atoms with Crippen LogP contribution in [0.15, 0.2) is 231 Å². The third-order valence-electron chi connectivity index (χ3n) is 17.3. The number of carbonyl (C=O) groups excluding carboxylic acids is 7. The van der Waals surface area contributed by atoms with Crippen LogP contribution in [0, 0.1) is 0 Å². The number of alkyl carbamates (subject to hydrolysis) is 1. The summed E-state index contributed by atoms with van der Waals surface area (Å²) in [6, 6.07) is 74.2. The molecular weight excluding hydrogens is 1250 g/mol. The van der Waals surface area contributed by atoms with Crippen LogP contribution in [-0.4, -0.2) is 107 Å². The fraction of sp³-hybridized carbons (Fsp3) is 0.329. The highest BCUT2D eigenvalue weighted by Gasteiger charge is 2.40. The van der Waals surface area contributed by atoms with Crippen molar-refractivity contribution in [3.8, 4) is 11.1 Å². The molecule has 0 aromatic heterocycles. The van der Waals surface area contributed by atoms with Gasteiger partial charge in [-0.05, 0) is 74.9 Å². The van der Waals surface area contributed by atoms with Gasteiger partial charge in [0, 0.05) is 52.2 Å². The van der Waals surface area contributed by atoms with Gasteiger partial charge in [-0.15, -0.1) is 0 Å². The Bertz CT molecular complexity index is 3550. The van der Waals surface area contributed by atoms with Crippen molar-refractivity contribution in [3.63, 3.8) is 0 Å². The summed E-state index contributed by atoms with van der Waals surface area (Å²) >= 11 is 0. The van der Waals surface area contributed by atoms with Gasteiger partial charge in [-0.25, -0.2) is 4.79 Å². The van der Waals surface area contributed by atoms with Crippen LogP contribution in [0.1, 0.15) is 141 Å². The average molecular weight is 1340 g/mol. The van der Waals surface area contributed by atoms with Gasteiger partial charge in [0.25, 0.3) is 0 Å². The van der Waals surface area contributed by atoms with Crippen molar-refractivity contribution in [1.29, 1.82) is 0 Å². The Morgan fingerprint density at radius 2 is 0.717 bits per heavy atom. The van der Waals surface area contributed by atoms with Gasteiger partial charge < -0.3 is 50.3 Å². The lowest BCUT2D eigenvalue weighted by Gasteiger charge is -2.37. The second-order valence-electron chi connectivity index (χ2n) is 24.3. The molecule has 0 radical (unpaired) electrons. The van der Waals surface area contributed by atoms with Crippen molar-refractivity contribution in [2.24, 2.45) is 0 Å². The van der Waals surface area contributed by atoms with Crippen molar-refractivity contribution in [2.45, 2.75) is 120 Å². The molecule has 0 saturated heterocycles. The number of hydrogen-bond acceptors (Lipinski definition) is 12. The second kappa shape index (κ2) is 39.9. The summed E-state index contributed by atoms with van der Waals surface area (Å²) in [5.41, 5.74) is 7.78. The number of rotatable bonds is 37. The van der Waals surface area contributed by atoms with Crippen molar-refractivity contribution >= 4 is 41.7 Å². The van der Waals surface area contributed by atoms with Gasteiger partial charge in [-0.1, -0.05) is 263 Å². The molecule has 518 valence electrons. The number of esters is 2. The summed E-state index contributed by atoms with van der Waals surface area (Å²) in [6.45, 7) is 2.57. The Morgan fingerprint density at radius 1 is 0.364 bits per heavy atom. The molecule has 0 heterocycles. The lowest BCUT2D eigenvalue weighted by Crippen LogP contribution is -2.45. The van der Waals surface area contributed by atoms with Crippen molar-refractivity contribution in [3.05, 3.63) is 275 Å². The summed E-state index contributed by atoms with van der Waals surface area (Å²) in [5.74, 6) is -1.83. The fourth-order valence-electron chi connectivity index (χ4n) is 12.2. The summed E-state index contributed by atoms with van der Waals surface area (Å²) in [6.07, 6.45) is 6.54. The Kier molecular flexibility index (Phi) is 30.0. The second-order valence-corrected chi connectivity index (χ2v) is 24.3. The van der Waals surface area contributed by atoms with E-state index in [1.165, 1.54) is 14.1 Å². The quantitative estimate of drug-likeness (QED) is 0.0106. The molecule has 0 saturated carbocycles. The van der Waals surface area contributed by atoms with E-state index in [0.29, 0.717) is 19.4 Å². The van der Waals surface area contributed by atoms with Gasteiger partial charge in [0.05, 0.1) is 38.1 Å². The van der Waals surface area contributed by atoms with Crippen LogP contribution in [-0.2, 0) is 63.7 Å². The van der Waals surface area contributed by atoms with E-state index < -0.39 is 41.3 Å². The zero-order valence-electron chi connectivity index (χ0n) is 57.0. The highest BCUT2D eigenvalue weighted by molar-refractivity contribution is 5.82. The average Bonchev–Trinajstić information content (AvgIpc) is 1.71. The van der Waals surface area contributed by atoms with Gasteiger partial charge >= 0.3 is 18.0 Å². The lowest BCUT2D eigenvalue weighted by molar-refractivity contribution is -0.147. The summed E-state index contributed by atoms with van der Waals surface area (Å²) in [4.78, 5) is 87.3.